The fraction of sp³-hybridized carbons (Fsp3) is 0.643. The lowest BCUT2D eigenvalue weighted by Crippen LogP contribution is -2.33. The average Bonchev–Trinajstić information content (AvgIpc) is 3.05. The van der Waals surface area contributed by atoms with E-state index < -0.39 is 0 Å². The van der Waals surface area contributed by atoms with Crippen molar-refractivity contribution in [1.29, 1.82) is 0 Å². The third kappa shape index (κ3) is 2.75. The van der Waals surface area contributed by atoms with Gasteiger partial charge in [-0.2, -0.15) is 5.10 Å². The van der Waals surface area contributed by atoms with Crippen LogP contribution in [0.25, 0.3) is 0 Å². The van der Waals surface area contributed by atoms with Crippen molar-refractivity contribution in [3.05, 3.63) is 29.2 Å². The van der Waals surface area contributed by atoms with Crippen LogP contribution in [-0.4, -0.2) is 37.4 Å². The molecule has 1 aliphatic rings. The van der Waals surface area contributed by atoms with E-state index in [2.05, 4.69) is 20.1 Å². The first-order valence-electron chi connectivity index (χ1n) is 7.16. The number of likely N-dealkylation sites (tertiary alicyclic amines) is 1. The summed E-state index contributed by atoms with van der Waals surface area (Å²) in [5, 5.41) is 8.42. The van der Waals surface area contributed by atoms with E-state index >= 15 is 0 Å². The van der Waals surface area contributed by atoms with E-state index in [-0.39, 0.29) is 0 Å². The summed E-state index contributed by atoms with van der Waals surface area (Å²) >= 11 is 0. The number of nitrogens with zero attached hydrogens (tertiary/aromatic N) is 5. The summed E-state index contributed by atoms with van der Waals surface area (Å²) in [6, 6.07) is 2.51. The van der Waals surface area contributed by atoms with Crippen LogP contribution in [0.3, 0.4) is 0 Å². The summed E-state index contributed by atoms with van der Waals surface area (Å²) in [6.45, 7) is 8.75. The predicted molar refractivity (Wildman–Crippen MR) is 74.2 cm³/mol. The zero-order valence-corrected chi connectivity index (χ0v) is 12.3. The molecule has 6 heteroatoms. The molecular weight excluding hydrogens is 254 g/mol. The highest BCUT2D eigenvalue weighted by Crippen LogP contribution is 2.22. The number of aryl methyl sites for hydroxylation is 3. The van der Waals surface area contributed by atoms with E-state index in [4.69, 9.17) is 4.52 Å². The first-order chi connectivity index (χ1) is 9.61. The summed E-state index contributed by atoms with van der Waals surface area (Å²) < 4.78 is 7.34. The molecular formula is C14H21N5O. The summed E-state index contributed by atoms with van der Waals surface area (Å²) in [6.07, 6.45) is 2.43. The molecule has 0 spiro atoms. The third-order valence-electron chi connectivity index (χ3n) is 3.88. The van der Waals surface area contributed by atoms with Gasteiger partial charge in [-0.05, 0) is 40.2 Å². The first kappa shape index (κ1) is 13.3. The van der Waals surface area contributed by atoms with Gasteiger partial charge in [0.1, 0.15) is 11.6 Å². The fourth-order valence-electron chi connectivity index (χ4n) is 2.93. The minimum absolute atomic E-state index is 0.500. The Balaban J connectivity index is 1.67. The highest BCUT2D eigenvalue weighted by Gasteiger charge is 2.26. The largest absolute Gasteiger partial charge is 0.360 e. The minimum atomic E-state index is 0.500. The second kappa shape index (κ2) is 5.36. The standard InChI is InChI=1S/C14H21N5O/c1-10-7-14(20-17-10)9-18-6-4-5-13(18)8-19-12(3)15-11(2)16-19/h7,13H,4-6,8-9H2,1-3H3/t13-/m0/s1. The van der Waals surface area contributed by atoms with Gasteiger partial charge in [0.25, 0.3) is 0 Å². The van der Waals surface area contributed by atoms with Gasteiger partial charge in [0, 0.05) is 12.1 Å². The highest BCUT2D eigenvalue weighted by atomic mass is 16.5. The highest BCUT2D eigenvalue weighted by molar-refractivity contribution is 5.03. The molecule has 2 aromatic heterocycles. The van der Waals surface area contributed by atoms with Crippen LogP contribution in [0.4, 0.5) is 0 Å². The van der Waals surface area contributed by atoms with Gasteiger partial charge in [-0.15, -0.1) is 0 Å². The van der Waals surface area contributed by atoms with Gasteiger partial charge in [-0.1, -0.05) is 5.16 Å². The van der Waals surface area contributed by atoms with E-state index in [1.54, 1.807) is 0 Å². The van der Waals surface area contributed by atoms with E-state index in [0.29, 0.717) is 6.04 Å². The van der Waals surface area contributed by atoms with Crippen LogP contribution in [0.1, 0.15) is 35.9 Å². The Kier molecular flexibility index (Phi) is 3.56. The van der Waals surface area contributed by atoms with Crippen LogP contribution < -0.4 is 0 Å². The van der Waals surface area contributed by atoms with Crippen LogP contribution in [0.15, 0.2) is 10.6 Å². The third-order valence-corrected chi connectivity index (χ3v) is 3.88. The van der Waals surface area contributed by atoms with E-state index in [1.807, 2.05) is 31.5 Å². The summed E-state index contributed by atoms with van der Waals surface area (Å²) in [4.78, 5) is 6.83. The maximum atomic E-state index is 5.33. The van der Waals surface area contributed by atoms with Gasteiger partial charge in [0.05, 0.1) is 18.8 Å². The molecule has 0 radical (unpaired) electrons. The van der Waals surface area contributed by atoms with E-state index in [1.165, 1.54) is 12.8 Å². The molecule has 0 saturated carbocycles. The van der Waals surface area contributed by atoms with Crippen molar-refractivity contribution in [3.8, 4) is 0 Å². The van der Waals surface area contributed by atoms with Gasteiger partial charge >= 0.3 is 0 Å². The smallest absolute Gasteiger partial charge is 0.150 e. The van der Waals surface area contributed by atoms with Gasteiger partial charge < -0.3 is 4.52 Å². The fourth-order valence-corrected chi connectivity index (χ4v) is 2.93. The van der Waals surface area contributed by atoms with Gasteiger partial charge in [-0.25, -0.2) is 9.67 Å². The molecule has 6 nitrogen and oxygen atoms in total. The molecule has 0 aliphatic carbocycles. The Bertz CT molecular complexity index is 588. The predicted octanol–water partition coefficient (Wildman–Crippen LogP) is 1.86. The Hall–Kier alpha value is -1.69. The molecule has 108 valence electrons. The molecule has 1 atom stereocenters. The topological polar surface area (TPSA) is 60.0 Å². The van der Waals surface area contributed by atoms with Crippen LogP contribution in [0.5, 0.6) is 0 Å². The second-order valence-corrected chi connectivity index (χ2v) is 5.59. The number of hydrogen-bond donors (Lipinski definition) is 0. The van der Waals surface area contributed by atoms with Crippen LogP contribution in [0.2, 0.25) is 0 Å². The van der Waals surface area contributed by atoms with Crippen molar-refractivity contribution >= 4 is 0 Å². The molecule has 0 aromatic carbocycles. The number of aromatic nitrogens is 4. The van der Waals surface area contributed by atoms with Crippen molar-refractivity contribution in [3.63, 3.8) is 0 Å². The molecule has 2 aromatic rings. The van der Waals surface area contributed by atoms with Crippen LogP contribution >= 0.6 is 0 Å². The molecule has 3 rings (SSSR count). The lowest BCUT2D eigenvalue weighted by molar-refractivity contribution is 0.194. The molecule has 0 amide bonds. The number of rotatable bonds is 4. The van der Waals surface area contributed by atoms with Crippen molar-refractivity contribution < 1.29 is 4.52 Å². The molecule has 0 bridgehead atoms. The monoisotopic (exact) mass is 275 g/mol. The Morgan fingerprint density at radius 2 is 2.20 bits per heavy atom. The summed E-state index contributed by atoms with van der Waals surface area (Å²) in [5.41, 5.74) is 0.943. The maximum absolute atomic E-state index is 5.33. The van der Waals surface area contributed by atoms with Gasteiger partial charge in [-0.3, -0.25) is 4.90 Å². The molecule has 0 unspecified atom stereocenters. The molecule has 1 aliphatic heterocycles. The van der Waals surface area contributed by atoms with Crippen LogP contribution in [0, 0.1) is 20.8 Å². The van der Waals surface area contributed by atoms with Crippen molar-refractivity contribution in [2.24, 2.45) is 0 Å². The lowest BCUT2D eigenvalue weighted by atomic mass is 10.2. The minimum Gasteiger partial charge on any atom is -0.360 e. The first-order valence-corrected chi connectivity index (χ1v) is 7.16. The second-order valence-electron chi connectivity index (χ2n) is 5.59. The summed E-state index contributed by atoms with van der Waals surface area (Å²) in [7, 11) is 0. The Labute approximate surface area is 118 Å². The van der Waals surface area contributed by atoms with Gasteiger partial charge in [0.15, 0.2) is 5.76 Å². The van der Waals surface area contributed by atoms with E-state index in [0.717, 1.165) is 42.7 Å². The zero-order chi connectivity index (χ0) is 14.1. The van der Waals surface area contributed by atoms with Crippen molar-refractivity contribution in [2.45, 2.75) is 52.7 Å². The molecule has 0 N–H and O–H groups in total. The normalized spacial score (nSPS) is 19.9. The Morgan fingerprint density at radius 3 is 2.85 bits per heavy atom. The molecule has 3 heterocycles. The molecule has 20 heavy (non-hydrogen) atoms. The molecule has 1 fully saturated rings. The van der Waals surface area contributed by atoms with Gasteiger partial charge in [0.2, 0.25) is 0 Å². The Morgan fingerprint density at radius 1 is 1.35 bits per heavy atom. The average molecular weight is 275 g/mol. The van der Waals surface area contributed by atoms with E-state index in [9.17, 15) is 0 Å². The zero-order valence-electron chi connectivity index (χ0n) is 12.3. The quantitative estimate of drug-likeness (QED) is 0.852. The van der Waals surface area contributed by atoms with Crippen molar-refractivity contribution in [1.82, 2.24) is 24.8 Å². The lowest BCUT2D eigenvalue weighted by Gasteiger charge is -2.23. The summed E-state index contributed by atoms with van der Waals surface area (Å²) in [5.74, 6) is 2.78. The maximum Gasteiger partial charge on any atom is 0.150 e. The van der Waals surface area contributed by atoms with Crippen molar-refractivity contribution in [2.75, 3.05) is 6.54 Å². The molecule has 1 saturated heterocycles. The van der Waals surface area contributed by atoms with Crippen LogP contribution in [-0.2, 0) is 13.1 Å². The number of hydrogen-bond acceptors (Lipinski definition) is 5. The SMILES string of the molecule is Cc1cc(CN2CCC[C@H]2Cn2nc(C)nc2C)on1.